The summed E-state index contributed by atoms with van der Waals surface area (Å²) in [6.45, 7) is 7.34. The molecule has 0 radical (unpaired) electrons. The van der Waals surface area contributed by atoms with E-state index in [2.05, 4.69) is 49.6 Å². The Hall–Kier alpha value is -1.87. The number of hydrogen-bond acceptors (Lipinski definition) is 6. The van der Waals surface area contributed by atoms with Gasteiger partial charge in [0.25, 0.3) is 0 Å². The zero-order chi connectivity index (χ0) is 19.3. The molecule has 0 spiro atoms. The van der Waals surface area contributed by atoms with Crippen molar-refractivity contribution in [3.63, 3.8) is 0 Å². The number of anilines is 1. The summed E-state index contributed by atoms with van der Waals surface area (Å²) in [5.41, 5.74) is 1.03. The van der Waals surface area contributed by atoms with E-state index in [4.69, 9.17) is 0 Å². The minimum Gasteiger partial charge on any atom is -0.357 e. The van der Waals surface area contributed by atoms with Crippen LogP contribution in [0.2, 0.25) is 0 Å². The van der Waals surface area contributed by atoms with Crippen LogP contribution in [0.1, 0.15) is 18.9 Å². The summed E-state index contributed by atoms with van der Waals surface area (Å²) >= 11 is 0. The Morgan fingerprint density at radius 3 is 2.67 bits per heavy atom. The van der Waals surface area contributed by atoms with E-state index < -0.39 is 9.84 Å². The van der Waals surface area contributed by atoms with Gasteiger partial charge in [0.05, 0.1) is 18.1 Å². The number of likely N-dealkylation sites (N-methyl/N-ethyl adjacent to an activating group) is 1. The van der Waals surface area contributed by atoms with Gasteiger partial charge in [-0.15, -0.1) is 0 Å². The predicted octanol–water partition coefficient (Wildman–Crippen LogP) is 0.0756. The lowest BCUT2D eigenvalue weighted by molar-refractivity contribution is 0.312. The topological polar surface area (TPSA) is 89.9 Å². The van der Waals surface area contributed by atoms with Crippen LogP contribution in [0.5, 0.6) is 0 Å². The molecule has 0 saturated carbocycles. The fourth-order valence-electron chi connectivity index (χ4n) is 3.33. The maximum absolute atomic E-state index is 11.6. The van der Waals surface area contributed by atoms with Crippen molar-refractivity contribution in [1.82, 2.24) is 20.5 Å². The molecular weight excluding hydrogens is 364 g/mol. The van der Waals surface area contributed by atoms with Gasteiger partial charge in [-0.05, 0) is 32.0 Å². The Bertz CT molecular complexity index is 742. The molecule has 3 heterocycles. The van der Waals surface area contributed by atoms with Gasteiger partial charge in [0.2, 0.25) is 0 Å². The van der Waals surface area contributed by atoms with Gasteiger partial charge in [-0.3, -0.25) is 0 Å². The van der Waals surface area contributed by atoms with Crippen molar-refractivity contribution in [3.05, 3.63) is 23.9 Å². The first-order chi connectivity index (χ1) is 12.9. The Labute approximate surface area is 162 Å². The lowest BCUT2D eigenvalue weighted by Crippen LogP contribution is -2.44. The summed E-state index contributed by atoms with van der Waals surface area (Å²) in [5, 5.41) is 6.42. The molecule has 0 amide bonds. The molecule has 1 aromatic rings. The summed E-state index contributed by atoms with van der Waals surface area (Å²) in [4.78, 5) is 13.8. The van der Waals surface area contributed by atoms with Crippen molar-refractivity contribution in [1.29, 1.82) is 0 Å². The van der Waals surface area contributed by atoms with Crippen molar-refractivity contribution in [2.45, 2.75) is 25.9 Å². The van der Waals surface area contributed by atoms with Gasteiger partial charge in [0, 0.05) is 45.0 Å². The summed E-state index contributed by atoms with van der Waals surface area (Å²) < 4.78 is 23.2. The number of aliphatic imine (C=N–C) groups is 1. The highest BCUT2D eigenvalue weighted by Crippen LogP contribution is 2.14. The number of aromatic nitrogens is 1. The first-order valence-electron chi connectivity index (χ1n) is 9.59. The van der Waals surface area contributed by atoms with Gasteiger partial charge >= 0.3 is 0 Å². The summed E-state index contributed by atoms with van der Waals surface area (Å²) in [7, 11) is -0.763. The second kappa shape index (κ2) is 8.88. The van der Waals surface area contributed by atoms with E-state index in [9.17, 15) is 8.42 Å². The van der Waals surface area contributed by atoms with E-state index in [0.717, 1.165) is 44.1 Å². The second-order valence-corrected chi connectivity index (χ2v) is 9.48. The molecule has 9 heteroatoms. The van der Waals surface area contributed by atoms with Crippen molar-refractivity contribution in [2.24, 2.45) is 4.99 Å². The van der Waals surface area contributed by atoms with Crippen LogP contribution in [0, 0.1) is 0 Å². The number of piperazine rings is 1. The average molecular weight is 395 g/mol. The van der Waals surface area contributed by atoms with Gasteiger partial charge in [-0.1, -0.05) is 6.07 Å². The monoisotopic (exact) mass is 394 g/mol. The largest absolute Gasteiger partial charge is 0.357 e. The minimum atomic E-state index is -2.91. The third-order valence-electron chi connectivity index (χ3n) is 4.97. The zero-order valence-corrected chi connectivity index (χ0v) is 17.0. The van der Waals surface area contributed by atoms with Crippen molar-refractivity contribution < 1.29 is 8.42 Å². The van der Waals surface area contributed by atoms with E-state index in [1.807, 2.05) is 13.1 Å². The van der Waals surface area contributed by atoms with E-state index >= 15 is 0 Å². The van der Waals surface area contributed by atoms with E-state index in [-0.39, 0.29) is 17.5 Å². The molecular formula is C18H30N6O2S. The highest BCUT2D eigenvalue weighted by atomic mass is 32.2. The molecule has 2 aliphatic rings. The molecule has 1 unspecified atom stereocenters. The first kappa shape index (κ1) is 19.9. The zero-order valence-electron chi connectivity index (χ0n) is 16.2. The van der Waals surface area contributed by atoms with Crippen LogP contribution in [0.4, 0.5) is 5.82 Å². The summed E-state index contributed by atoms with van der Waals surface area (Å²) in [6, 6.07) is 4.05. The smallest absolute Gasteiger partial charge is 0.191 e. The number of nitrogens with zero attached hydrogens (tertiary/aromatic N) is 4. The molecule has 2 fully saturated rings. The van der Waals surface area contributed by atoms with Crippen LogP contribution in [0.3, 0.4) is 0 Å². The van der Waals surface area contributed by atoms with Crippen LogP contribution < -0.4 is 15.5 Å². The fraction of sp³-hybridized carbons (Fsp3) is 0.667. The highest BCUT2D eigenvalue weighted by Gasteiger charge is 2.28. The molecule has 0 bridgehead atoms. The number of hydrogen-bond donors (Lipinski definition) is 2. The number of pyridine rings is 1. The van der Waals surface area contributed by atoms with Crippen LogP contribution in [-0.4, -0.2) is 81.6 Å². The standard InChI is InChI=1S/C18H30N6O2S/c1-3-19-18(22-16-6-11-27(25,26)14-16)21-13-15-4-5-17(20-12-15)24-9-7-23(2)8-10-24/h4-5,12,16H,3,6-11,13-14H2,1-2H3,(H2,19,21,22). The molecule has 2 saturated heterocycles. The van der Waals surface area contributed by atoms with Gasteiger partial charge in [-0.2, -0.15) is 0 Å². The van der Waals surface area contributed by atoms with E-state index in [0.29, 0.717) is 18.9 Å². The highest BCUT2D eigenvalue weighted by molar-refractivity contribution is 7.91. The van der Waals surface area contributed by atoms with Gasteiger partial charge in [0.15, 0.2) is 15.8 Å². The first-order valence-corrected chi connectivity index (χ1v) is 11.4. The normalized spacial score (nSPS) is 23.4. The third-order valence-corrected chi connectivity index (χ3v) is 6.74. The maximum Gasteiger partial charge on any atom is 0.191 e. The van der Waals surface area contributed by atoms with Crippen LogP contribution in [0.25, 0.3) is 0 Å². The van der Waals surface area contributed by atoms with E-state index in [1.165, 1.54) is 0 Å². The SMILES string of the molecule is CCNC(=NCc1ccc(N2CCN(C)CC2)nc1)NC1CCS(=O)(=O)C1. The Kier molecular flexibility index (Phi) is 6.54. The number of guanidine groups is 1. The molecule has 1 atom stereocenters. The second-order valence-electron chi connectivity index (χ2n) is 7.25. The summed E-state index contributed by atoms with van der Waals surface area (Å²) in [5.74, 6) is 2.10. The Balaban J connectivity index is 1.57. The molecule has 2 aliphatic heterocycles. The Morgan fingerprint density at radius 1 is 1.30 bits per heavy atom. The maximum atomic E-state index is 11.6. The van der Waals surface area contributed by atoms with Crippen LogP contribution in [-0.2, 0) is 16.4 Å². The van der Waals surface area contributed by atoms with Gasteiger partial charge in [0.1, 0.15) is 5.82 Å². The quantitative estimate of drug-likeness (QED) is 0.540. The number of nitrogens with one attached hydrogen (secondary N) is 2. The molecule has 2 N–H and O–H groups in total. The van der Waals surface area contributed by atoms with E-state index in [1.54, 1.807) is 0 Å². The Morgan fingerprint density at radius 2 is 2.07 bits per heavy atom. The minimum absolute atomic E-state index is 0.0643. The molecule has 0 aromatic carbocycles. The van der Waals surface area contributed by atoms with Crippen molar-refractivity contribution in [3.8, 4) is 0 Å². The summed E-state index contributed by atoms with van der Waals surface area (Å²) in [6.07, 6.45) is 2.51. The number of sulfone groups is 1. The predicted molar refractivity (Wildman–Crippen MR) is 109 cm³/mol. The molecule has 8 nitrogen and oxygen atoms in total. The lowest BCUT2D eigenvalue weighted by atomic mass is 10.2. The molecule has 1 aromatic heterocycles. The fourth-order valence-corrected chi connectivity index (χ4v) is 5.00. The van der Waals surface area contributed by atoms with Gasteiger partial charge in [-0.25, -0.2) is 18.4 Å². The average Bonchev–Trinajstić information content (AvgIpc) is 2.99. The molecule has 0 aliphatic carbocycles. The molecule has 27 heavy (non-hydrogen) atoms. The third kappa shape index (κ3) is 5.80. The molecule has 150 valence electrons. The van der Waals surface area contributed by atoms with Crippen molar-refractivity contribution >= 4 is 21.6 Å². The lowest BCUT2D eigenvalue weighted by Gasteiger charge is -2.33. The number of rotatable bonds is 5. The van der Waals surface area contributed by atoms with Gasteiger partial charge < -0.3 is 20.4 Å². The van der Waals surface area contributed by atoms with Crippen LogP contribution in [0.15, 0.2) is 23.3 Å². The van der Waals surface area contributed by atoms with Crippen LogP contribution >= 0.6 is 0 Å². The van der Waals surface area contributed by atoms with Crippen molar-refractivity contribution in [2.75, 3.05) is 56.2 Å². The molecule has 3 rings (SSSR count).